The van der Waals surface area contributed by atoms with Crippen molar-refractivity contribution in [3.8, 4) is 11.5 Å². The normalized spacial score (nSPS) is 23.3. The number of hydrogen-bond donors (Lipinski definition) is 2. The van der Waals surface area contributed by atoms with E-state index in [1.807, 2.05) is 0 Å². The first kappa shape index (κ1) is 16.7. The van der Waals surface area contributed by atoms with E-state index in [1.165, 1.54) is 11.1 Å². The second-order valence-corrected chi connectivity index (χ2v) is 7.41. The highest BCUT2D eigenvalue weighted by Crippen LogP contribution is 2.34. The lowest BCUT2D eigenvalue weighted by molar-refractivity contribution is -0.126. The molecule has 1 aromatic rings. The fourth-order valence-electron chi connectivity index (χ4n) is 3.73. The zero-order valence-electron chi connectivity index (χ0n) is 14.8. The van der Waals surface area contributed by atoms with Crippen LogP contribution in [0, 0.1) is 18.8 Å². The average Bonchev–Trinajstić information content (AvgIpc) is 2.99. The number of benzene rings is 1. The summed E-state index contributed by atoms with van der Waals surface area (Å²) in [6.07, 6.45) is 1.15. The molecule has 6 heteroatoms. The van der Waals surface area contributed by atoms with Gasteiger partial charge in [0.15, 0.2) is 11.5 Å². The highest BCUT2D eigenvalue weighted by Gasteiger charge is 2.27. The molecular weight excluding hydrogens is 318 g/mol. The van der Waals surface area contributed by atoms with E-state index in [-0.39, 0.29) is 11.8 Å². The zero-order valence-corrected chi connectivity index (χ0v) is 14.8. The molecular formula is C19H27N3O3. The van der Waals surface area contributed by atoms with Gasteiger partial charge in [-0.25, -0.2) is 0 Å². The van der Waals surface area contributed by atoms with Crippen LogP contribution in [0.3, 0.4) is 0 Å². The van der Waals surface area contributed by atoms with E-state index in [2.05, 4.69) is 34.6 Å². The Labute approximate surface area is 148 Å². The third kappa shape index (κ3) is 3.75. The first-order valence-electron chi connectivity index (χ1n) is 9.29. The highest BCUT2D eigenvalue weighted by atomic mass is 16.6. The molecule has 2 fully saturated rings. The molecule has 136 valence electrons. The van der Waals surface area contributed by atoms with Crippen LogP contribution in [0.25, 0.3) is 0 Å². The van der Waals surface area contributed by atoms with Gasteiger partial charge in [0.25, 0.3) is 0 Å². The summed E-state index contributed by atoms with van der Waals surface area (Å²) in [4.78, 5) is 14.4. The Morgan fingerprint density at radius 2 is 2.04 bits per heavy atom. The van der Waals surface area contributed by atoms with Crippen LogP contribution < -0.4 is 20.1 Å². The lowest BCUT2D eigenvalue weighted by Crippen LogP contribution is -2.51. The number of rotatable bonds is 5. The number of carbonyl (C=O) groups excluding carboxylic acids is 1. The molecule has 2 saturated heterocycles. The predicted octanol–water partition coefficient (Wildman–Crippen LogP) is 0.924. The van der Waals surface area contributed by atoms with Crippen LogP contribution in [0.1, 0.15) is 17.5 Å². The molecule has 2 N–H and O–H groups in total. The molecule has 25 heavy (non-hydrogen) atoms. The lowest BCUT2D eigenvalue weighted by Gasteiger charge is -2.26. The molecule has 1 aromatic carbocycles. The van der Waals surface area contributed by atoms with Gasteiger partial charge in [-0.2, -0.15) is 0 Å². The molecule has 4 rings (SSSR count). The van der Waals surface area contributed by atoms with Crippen molar-refractivity contribution in [1.29, 1.82) is 0 Å². The molecule has 1 atom stereocenters. The molecule has 0 bridgehead atoms. The summed E-state index contributed by atoms with van der Waals surface area (Å²) in [5, 5.41) is 6.26. The topological polar surface area (TPSA) is 62.8 Å². The molecule has 0 spiro atoms. The Balaban J connectivity index is 1.29. The van der Waals surface area contributed by atoms with E-state index < -0.39 is 0 Å². The van der Waals surface area contributed by atoms with Gasteiger partial charge in [0.1, 0.15) is 13.2 Å². The number of carbonyl (C=O) groups is 1. The van der Waals surface area contributed by atoms with Gasteiger partial charge in [-0.15, -0.1) is 0 Å². The molecule has 3 aliphatic rings. The van der Waals surface area contributed by atoms with Gasteiger partial charge in [-0.3, -0.25) is 9.69 Å². The van der Waals surface area contributed by atoms with E-state index in [9.17, 15) is 4.79 Å². The van der Waals surface area contributed by atoms with Crippen LogP contribution >= 0.6 is 0 Å². The molecule has 6 nitrogen and oxygen atoms in total. The SMILES string of the molecule is Cc1cc2c(cc1CN1CCC(CNC(=O)C3CNC3)C1)OCCO2. The maximum absolute atomic E-state index is 11.9. The Morgan fingerprint density at radius 1 is 1.28 bits per heavy atom. The summed E-state index contributed by atoms with van der Waals surface area (Å²) in [6, 6.07) is 4.22. The molecule has 3 heterocycles. The van der Waals surface area contributed by atoms with Gasteiger partial charge >= 0.3 is 0 Å². The molecule has 0 aliphatic carbocycles. The second kappa shape index (κ2) is 7.22. The van der Waals surface area contributed by atoms with Gasteiger partial charge in [-0.1, -0.05) is 0 Å². The molecule has 3 aliphatic heterocycles. The fraction of sp³-hybridized carbons (Fsp3) is 0.632. The van der Waals surface area contributed by atoms with Crippen LogP contribution in [-0.4, -0.2) is 56.7 Å². The quantitative estimate of drug-likeness (QED) is 0.831. The molecule has 0 radical (unpaired) electrons. The van der Waals surface area contributed by atoms with Crippen molar-refractivity contribution in [2.45, 2.75) is 19.9 Å². The maximum Gasteiger partial charge on any atom is 0.225 e. The molecule has 0 saturated carbocycles. The Hall–Kier alpha value is -1.79. The second-order valence-electron chi connectivity index (χ2n) is 7.41. The third-order valence-electron chi connectivity index (χ3n) is 5.48. The minimum atomic E-state index is 0.179. The van der Waals surface area contributed by atoms with Crippen molar-refractivity contribution in [3.63, 3.8) is 0 Å². The summed E-state index contributed by atoms with van der Waals surface area (Å²) in [5.74, 6) is 2.66. The summed E-state index contributed by atoms with van der Waals surface area (Å²) >= 11 is 0. The Bertz CT molecular complexity index is 645. The number of amides is 1. The number of fused-ring (bicyclic) bond motifs is 1. The zero-order chi connectivity index (χ0) is 17.2. The minimum Gasteiger partial charge on any atom is -0.486 e. The van der Waals surface area contributed by atoms with E-state index >= 15 is 0 Å². The predicted molar refractivity (Wildman–Crippen MR) is 94.9 cm³/mol. The summed E-state index contributed by atoms with van der Waals surface area (Å²) in [6.45, 7) is 8.88. The minimum absolute atomic E-state index is 0.179. The number of nitrogens with one attached hydrogen (secondary N) is 2. The van der Waals surface area contributed by atoms with Crippen molar-refractivity contribution < 1.29 is 14.3 Å². The van der Waals surface area contributed by atoms with Gasteiger partial charge in [-0.05, 0) is 49.1 Å². The van der Waals surface area contributed by atoms with Gasteiger partial charge in [0.05, 0.1) is 5.92 Å². The summed E-state index contributed by atoms with van der Waals surface area (Å²) < 4.78 is 11.4. The number of likely N-dealkylation sites (tertiary alicyclic amines) is 1. The van der Waals surface area contributed by atoms with E-state index in [0.29, 0.717) is 19.1 Å². The average molecular weight is 345 g/mol. The molecule has 1 unspecified atom stereocenters. The van der Waals surface area contributed by atoms with E-state index in [1.54, 1.807) is 0 Å². The maximum atomic E-state index is 11.9. The molecule has 0 aromatic heterocycles. The van der Waals surface area contributed by atoms with Crippen LogP contribution in [0.5, 0.6) is 11.5 Å². The first-order chi connectivity index (χ1) is 12.2. The van der Waals surface area contributed by atoms with Crippen LogP contribution in [0.15, 0.2) is 12.1 Å². The van der Waals surface area contributed by atoms with Crippen LogP contribution in [0.2, 0.25) is 0 Å². The largest absolute Gasteiger partial charge is 0.486 e. The van der Waals surface area contributed by atoms with Crippen LogP contribution in [-0.2, 0) is 11.3 Å². The van der Waals surface area contributed by atoms with Crippen molar-refractivity contribution in [1.82, 2.24) is 15.5 Å². The van der Waals surface area contributed by atoms with Crippen molar-refractivity contribution in [2.75, 3.05) is 45.9 Å². The fourth-order valence-corrected chi connectivity index (χ4v) is 3.73. The van der Waals surface area contributed by atoms with Gasteiger partial charge in [0.2, 0.25) is 5.91 Å². The van der Waals surface area contributed by atoms with Crippen molar-refractivity contribution >= 4 is 5.91 Å². The number of ether oxygens (including phenoxy) is 2. The number of aryl methyl sites for hydroxylation is 1. The van der Waals surface area contributed by atoms with E-state index in [0.717, 1.165) is 57.2 Å². The lowest BCUT2D eigenvalue weighted by atomic mass is 10.0. The number of hydrogen-bond acceptors (Lipinski definition) is 5. The van der Waals surface area contributed by atoms with Gasteiger partial charge in [0, 0.05) is 32.7 Å². The van der Waals surface area contributed by atoms with Crippen molar-refractivity contribution in [3.05, 3.63) is 23.3 Å². The standard InChI is InChI=1S/C19H27N3O3/c1-13-6-17-18(25-5-4-24-17)7-15(13)12-22-3-2-14(11-22)8-21-19(23)16-9-20-10-16/h6-7,14,16,20H,2-5,8-12H2,1H3,(H,21,23). The van der Waals surface area contributed by atoms with E-state index in [4.69, 9.17) is 9.47 Å². The molecule has 1 amide bonds. The Kier molecular flexibility index (Phi) is 4.81. The smallest absolute Gasteiger partial charge is 0.225 e. The Morgan fingerprint density at radius 3 is 2.76 bits per heavy atom. The van der Waals surface area contributed by atoms with Crippen molar-refractivity contribution in [2.24, 2.45) is 11.8 Å². The first-order valence-corrected chi connectivity index (χ1v) is 9.29. The van der Waals surface area contributed by atoms with Gasteiger partial charge < -0.3 is 20.1 Å². The summed E-state index contributed by atoms with van der Waals surface area (Å²) in [5.41, 5.74) is 2.55. The third-order valence-corrected chi connectivity index (χ3v) is 5.48. The number of nitrogens with zero attached hydrogens (tertiary/aromatic N) is 1. The monoisotopic (exact) mass is 345 g/mol. The highest BCUT2D eigenvalue weighted by molar-refractivity contribution is 5.79. The van der Waals surface area contributed by atoms with Crippen LogP contribution in [0.4, 0.5) is 0 Å². The summed E-state index contributed by atoms with van der Waals surface area (Å²) in [7, 11) is 0.